The molecule has 2 aliphatic carbocycles. The molecule has 3 aromatic carbocycles. The van der Waals surface area contributed by atoms with Crippen LogP contribution in [-0.2, 0) is 30.8 Å². The molecule has 4 amide bonds. The lowest BCUT2D eigenvalue weighted by atomic mass is 9.49. The summed E-state index contributed by atoms with van der Waals surface area (Å²) in [5.74, 6) is -7.70. The first-order valence-electron chi connectivity index (χ1n) is 17.9. The lowest BCUT2D eigenvalue weighted by Crippen LogP contribution is -2.53. The number of fused-ring (bicyclic) bond motifs is 4. The summed E-state index contributed by atoms with van der Waals surface area (Å²) in [6.45, 7) is 1.91. The summed E-state index contributed by atoms with van der Waals surface area (Å²) >= 11 is 6.30. The fourth-order valence-corrected chi connectivity index (χ4v) is 9.43. The molecule has 2 aliphatic heterocycles. The summed E-state index contributed by atoms with van der Waals surface area (Å²) < 4.78 is 46.4. The normalized spacial score (nSPS) is 25.8. The van der Waals surface area contributed by atoms with Crippen molar-refractivity contribution >= 4 is 46.7 Å². The number of aromatic hydroxyl groups is 1. The number of rotatable bonds is 7. The minimum absolute atomic E-state index is 0.0175. The molecule has 1 aromatic heterocycles. The lowest BCUT2D eigenvalue weighted by molar-refractivity contribution is -0.142. The van der Waals surface area contributed by atoms with Gasteiger partial charge in [-0.15, -0.1) is 0 Å². The Morgan fingerprint density at radius 2 is 1.66 bits per heavy atom. The predicted molar refractivity (Wildman–Crippen MR) is 198 cm³/mol. The minimum atomic E-state index is -4.82. The van der Waals surface area contributed by atoms with E-state index in [2.05, 4.69) is 10.4 Å². The Kier molecular flexibility index (Phi) is 8.87. The molecule has 11 nitrogen and oxygen atoms in total. The Morgan fingerprint density at radius 1 is 0.946 bits per heavy atom. The Morgan fingerprint density at radius 3 is 2.32 bits per heavy atom. The zero-order chi connectivity index (χ0) is 39.8. The summed E-state index contributed by atoms with van der Waals surface area (Å²) in [7, 11) is 2.64. The first kappa shape index (κ1) is 37.1. The highest BCUT2D eigenvalue weighted by Gasteiger charge is 2.70. The number of halogens is 4. The number of hydrogen-bond acceptors (Lipinski definition) is 9. The summed E-state index contributed by atoms with van der Waals surface area (Å²) in [6, 6.07) is 22.5. The summed E-state index contributed by atoms with van der Waals surface area (Å²) in [5, 5.41) is 13.6. The monoisotopic (exact) mass is 785 g/mol. The molecule has 6 unspecified atom stereocenters. The first-order valence-corrected chi connectivity index (χ1v) is 18.3. The van der Waals surface area contributed by atoms with Gasteiger partial charge in [-0.1, -0.05) is 77.3 Å². The van der Waals surface area contributed by atoms with E-state index in [0.717, 1.165) is 26.7 Å². The van der Waals surface area contributed by atoms with Gasteiger partial charge in [0.25, 0.3) is 23.6 Å². The highest BCUT2D eigenvalue weighted by molar-refractivity contribution is 6.33. The third kappa shape index (κ3) is 5.52. The van der Waals surface area contributed by atoms with Crippen molar-refractivity contribution in [2.45, 2.75) is 37.3 Å². The van der Waals surface area contributed by atoms with Gasteiger partial charge < -0.3 is 9.84 Å². The van der Waals surface area contributed by atoms with E-state index in [1.807, 2.05) is 25.1 Å². The third-order valence-electron chi connectivity index (χ3n) is 11.6. The van der Waals surface area contributed by atoms with Gasteiger partial charge in [0.15, 0.2) is 17.3 Å². The Hall–Kier alpha value is -5.89. The molecule has 0 spiro atoms. The fourth-order valence-electron chi connectivity index (χ4n) is 9.20. The number of anilines is 2. The molecule has 4 aliphatic rings. The van der Waals surface area contributed by atoms with Crippen LogP contribution in [0, 0.1) is 30.6 Å². The number of amides is 4. The van der Waals surface area contributed by atoms with Crippen molar-refractivity contribution in [3.63, 3.8) is 0 Å². The molecular formula is C41H35ClF3N5O6. The average Bonchev–Trinajstić information content (AvgIpc) is 3.56. The van der Waals surface area contributed by atoms with Crippen molar-refractivity contribution < 1.29 is 42.2 Å². The van der Waals surface area contributed by atoms with E-state index in [4.69, 9.17) is 16.3 Å². The minimum Gasteiger partial charge on any atom is -0.504 e. The second-order valence-electron chi connectivity index (χ2n) is 14.5. The summed E-state index contributed by atoms with van der Waals surface area (Å²) in [4.78, 5) is 62.6. The van der Waals surface area contributed by atoms with Gasteiger partial charge >= 0.3 is 6.18 Å². The fraction of sp³-hybridized carbons (Fsp3) is 0.293. The van der Waals surface area contributed by atoms with Crippen molar-refractivity contribution in [2.24, 2.45) is 23.7 Å². The molecule has 2 N–H and O–H groups in total. The smallest absolute Gasteiger partial charge is 0.433 e. The number of pyridine rings is 1. The lowest BCUT2D eigenvalue weighted by Gasteiger charge is -2.50. The molecule has 0 bridgehead atoms. The average molecular weight is 786 g/mol. The number of aromatic nitrogens is 1. The Balaban J connectivity index is 1.28. The van der Waals surface area contributed by atoms with Gasteiger partial charge in [0, 0.05) is 13.0 Å². The maximum Gasteiger partial charge on any atom is 0.433 e. The molecule has 15 heteroatoms. The standard InChI is InChI=1S/C41H35ClF3N5O6/c1-21-9-12-24(13-10-21)47-49-37(53)28-20-27-25(34(22-11-17-31(56-3)30(51)19-22)40(28,39(49)55)23-7-5-4-6-8-23)14-15-26-33(27)38(54)50(36(26)52)48(2)35-29(42)16-18-32(46-35)41(43,44)45/h4-14,16-19,26-28,33-34,47,51H,15,20H2,1-3H3. The zero-order valence-corrected chi connectivity index (χ0v) is 31.0. The van der Waals surface area contributed by atoms with Crippen LogP contribution in [0.2, 0.25) is 5.02 Å². The number of ether oxygens (including phenoxy) is 1. The number of alkyl halides is 3. The second kappa shape index (κ2) is 13.4. The number of hydrazine groups is 2. The van der Waals surface area contributed by atoms with Gasteiger partial charge in [-0.3, -0.25) is 29.6 Å². The maximum atomic E-state index is 15.3. The number of hydrogen-bond donors (Lipinski definition) is 2. The van der Waals surface area contributed by atoms with Crippen molar-refractivity contribution in [3.05, 3.63) is 124 Å². The van der Waals surface area contributed by atoms with Gasteiger partial charge in [-0.05, 0) is 73.2 Å². The molecule has 3 heterocycles. The third-order valence-corrected chi connectivity index (χ3v) is 11.9. The van der Waals surface area contributed by atoms with Crippen LogP contribution < -0.4 is 15.2 Å². The van der Waals surface area contributed by atoms with E-state index in [0.29, 0.717) is 28.5 Å². The molecule has 56 heavy (non-hydrogen) atoms. The number of methoxy groups -OCH3 is 1. The van der Waals surface area contributed by atoms with Crippen LogP contribution in [0.25, 0.3) is 0 Å². The van der Waals surface area contributed by atoms with E-state index in [9.17, 15) is 32.7 Å². The van der Waals surface area contributed by atoms with Crippen LogP contribution in [0.4, 0.5) is 24.7 Å². The molecule has 288 valence electrons. The number of phenolic OH excluding ortho intramolecular Hbond substituents is 1. The number of nitrogens with one attached hydrogen (secondary N) is 1. The summed E-state index contributed by atoms with van der Waals surface area (Å²) in [6.07, 6.45) is -2.96. The van der Waals surface area contributed by atoms with E-state index >= 15 is 4.79 Å². The topological polar surface area (TPSA) is 132 Å². The Labute approximate surface area is 324 Å². The number of carbonyl (C=O) groups excluding carboxylic acids is 4. The van der Waals surface area contributed by atoms with Crippen molar-refractivity contribution in [2.75, 3.05) is 24.6 Å². The van der Waals surface area contributed by atoms with Crippen LogP contribution in [0.3, 0.4) is 0 Å². The quantitative estimate of drug-likeness (QED) is 0.153. The first-order chi connectivity index (χ1) is 26.7. The van der Waals surface area contributed by atoms with Crippen LogP contribution in [-0.4, -0.2) is 57.9 Å². The number of aryl methyl sites for hydroxylation is 1. The molecule has 4 aromatic rings. The van der Waals surface area contributed by atoms with E-state index in [-0.39, 0.29) is 29.4 Å². The number of phenols is 1. The summed E-state index contributed by atoms with van der Waals surface area (Å²) in [5.41, 5.74) is 3.29. The highest BCUT2D eigenvalue weighted by atomic mass is 35.5. The van der Waals surface area contributed by atoms with Crippen LogP contribution in [0.5, 0.6) is 11.5 Å². The van der Waals surface area contributed by atoms with Crippen LogP contribution >= 0.6 is 11.6 Å². The number of carbonyl (C=O) groups is 4. The number of imide groups is 2. The van der Waals surface area contributed by atoms with E-state index in [1.165, 1.54) is 20.2 Å². The predicted octanol–water partition coefficient (Wildman–Crippen LogP) is 6.81. The molecule has 2 saturated heterocycles. The molecule has 6 atom stereocenters. The van der Waals surface area contributed by atoms with Gasteiger partial charge in [0.05, 0.1) is 41.0 Å². The number of allylic oxidation sites excluding steroid dienone is 2. The van der Waals surface area contributed by atoms with Crippen LogP contribution in [0.1, 0.15) is 41.1 Å². The maximum absolute atomic E-state index is 15.3. The van der Waals surface area contributed by atoms with E-state index < -0.39 is 76.3 Å². The molecule has 0 radical (unpaired) electrons. The van der Waals surface area contributed by atoms with Gasteiger partial charge in [-0.2, -0.15) is 23.2 Å². The molecular weight excluding hydrogens is 751 g/mol. The van der Waals surface area contributed by atoms with Crippen molar-refractivity contribution in [1.29, 1.82) is 0 Å². The van der Waals surface area contributed by atoms with Gasteiger partial charge in [0.2, 0.25) is 0 Å². The van der Waals surface area contributed by atoms with Crippen molar-refractivity contribution in [1.82, 2.24) is 15.0 Å². The van der Waals surface area contributed by atoms with Crippen LogP contribution in [0.15, 0.2) is 96.6 Å². The second-order valence-corrected chi connectivity index (χ2v) is 14.9. The molecule has 1 saturated carbocycles. The number of nitrogens with zero attached hydrogens (tertiary/aromatic N) is 4. The van der Waals surface area contributed by atoms with Crippen molar-refractivity contribution in [3.8, 4) is 11.5 Å². The number of benzene rings is 3. The highest BCUT2D eigenvalue weighted by Crippen LogP contribution is 2.64. The van der Waals surface area contributed by atoms with Gasteiger partial charge in [0.1, 0.15) is 5.69 Å². The largest absolute Gasteiger partial charge is 0.504 e. The van der Waals surface area contributed by atoms with E-state index in [1.54, 1.807) is 54.6 Å². The zero-order valence-electron chi connectivity index (χ0n) is 30.3. The van der Waals surface area contributed by atoms with Gasteiger partial charge in [-0.25, -0.2) is 4.98 Å². The molecule has 3 fully saturated rings. The molecule has 8 rings (SSSR count). The SMILES string of the molecule is COc1ccc(C2C3=CCC4C(=O)N(N(C)c5nc(C(F)(F)F)ccc5Cl)C(=O)C4C3CC3C(=O)N(Nc4ccc(C)cc4)C(=O)C32c2ccccc2)cc1O. The Bertz CT molecular complexity index is 2320.